The van der Waals surface area contributed by atoms with Crippen molar-refractivity contribution in [1.29, 1.82) is 0 Å². The molecule has 8 heteroatoms. The number of aromatic nitrogens is 2. The molecule has 1 aliphatic rings. The molecule has 1 aromatic rings. The molecule has 1 aliphatic heterocycles. The fourth-order valence-electron chi connectivity index (χ4n) is 3.22. The predicted molar refractivity (Wildman–Crippen MR) is 87.8 cm³/mol. The quantitative estimate of drug-likeness (QED) is 0.610. The second-order valence-electron chi connectivity index (χ2n) is 5.71. The van der Waals surface area contributed by atoms with E-state index in [0.717, 1.165) is 12.8 Å². The minimum atomic E-state index is -0.891. The van der Waals surface area contributed by atoms with Crippen molar-refractivity contribution in [1.82, 2.24) is 9.78 Å². The van der Waals surface area contributed by atoms with Crippen LogP contribution in [0.1, 0.15) is 39.3 Å². The van der Waals surface area contributed by atoms with Crippen LogP contribution in [0.15, 0.2) is 0 Å². The summed E-state index contributed by atoms with van der Waals surface area (Å²) >= 11 is 0. The van der Waals surface area contributed by atoms with Crippen molar-refractivity contribution >= 4 is 22.3 Å². The molecule has 2 rings (SSSR count). The van der Waals surface area contributed by atoms with Gasteiger partial charge >= 0.3 is 5.69 Å². The Labute approximate surface area is 133 Å². The second-order valence-corrected chi connectivity index (χ2v) is 7.68. The lowest BCUT2D eigenvalue weighted by Crippen LogP contribution is -2.53. The first kappa shape index (κ1) is 16.9. The zero-order chi connectivity index (χ0) is 16.5. The average molecular weight is 328 g/mol. The summed E-state index contributed by atoms with van der Waals surface area (Å²) in [5.74, 6) is 1.09. The smallest absolute Gasteiger partial charge is 0.334 e. The van der Waals surface area contributed by atoms with Gasteiger partial charge in [-0.15, -0.1) is 0 Å². The topological polar surface area (TPSA) is 81.3 Å². The lowest BCUT2D eigenvalue weighted by molar-refractivity contribution is -0.384. The highest BCUT2D eigenvalue weighted by molar-refractivity contribution is 7.86. The van der Waals surface area contributed by atoms with E-state index in [1.807, 2.05) is 25.7 Å². The zero-order valence-corrected chi connectivity index (χ0v) is 14.5. The van der Waals surface area contributed by atoms with E-state index in [2.05, 4.69) is 5.10 Å². The average Bonchev–Trinajstić information content (AvgIpc) is 2.85. The Morgan fingerprint density at radius 1 is 1.36 bits per heavy atom. The molecule has 1 unspecified atom stereocenters. The number of nitrogens with zero attached hydrogens (tertiary/aromatic N) is 4. The summed E-state index contributed by atoms with van der Waals surface area (Å²) in [6, 6.07) is 0. The van der Waals surface area contributed by atoms with E-state index in [1.165, 1.54) is 0 Å². The van der Waals surface area contributed by atoms with Gasteiger partial charge in [0.25, 0.3) is 0 Å². The maximum absolute atomic E-state index is 12.4. The fraction of sp³-hybridized carbons (Fsp3) is 0.786. The molecule has 0 spiro atoms. The molecule has 22 heavy (non-hydrogen) atoms. The van der Waals surface area contributed by atoms with Crippen molar-refractivity contribution in [2.75, 3.05) is 23.7 Å². The van der Waals surface area contributed by atoms with Crippen LogP contribution in [0.3, 0.4) is 0 Å². The van der Waals surface area contributed by atoms with Crippen LogP contribution in [-0.4, -0.2) is 42.5 Å². The highest BCUT2D eigenvalue weighted by Crippen LogP contribution is 2.37. The third-order valence-electron chi connectivity index (χ3n) is 4.68. The van der Waals surface area contributed by atoms with Gasteiger partial charge in [0.05, 0.1) is 9.67 Å². The molecule has 1 fully saturated rings. The van der Waals surface area contributed by atoms with E-state index >= 15 is 0 Å². The van der Waals surface area contributed by atoms with Crippen molar-refractivity contribution in [3.63, 3.8) is 0 Å². The third-order valence-corrected chi connectivity index (χ3v) is 6.90. The number of hydrogen-bond acceptors (Lipinski definition) is 5. The first-order valence-corrected chi connectivity index (χ1v) is 9.05. The van der Waals surface area contributed by atoms with Gasteiger partial charge in [0.15, 0.2) is 0 Å². The molecular weight excluding hydrogens is 304 g/mol. The highest BCUT2D eigenvalue weighted by Gasteiger charge is 2.42. The fourth-order valence-corrected chi connectivity index (χ4v) is 4.99. The maximum atomic E-state index is 12.4. The second kappa shape index (κ2) is 6.36. The molecule has 1 saturated heterocycles. The van der Waals surface area contributed by atoms with Gasteiger partial charge in [-0.25, -0.2) is 4.68 Å². The van der Waals surface area contributed by atoms with Gasteiger partial charge in [0.1, 0.15) is 5.69 Å². The molecule has 1 atom stereocenters. The zero-order valence-electron chi connectivity index (χ0n) is 13.7. The minimum absolute atomic E-state index is 0.0961. The van der Waals surface area contributed by atoms with Crippen molar-refractivity contribution in [3.05, 3.63) is 15.8 Å². The van der Waals surface area contributed by atoms with Crippen molar-refractivity contribution in [2.45, 2.75) is 44.8 Å². The molecular formula is C14H24N4O3S. The standard InChI is InChI=1S/C14H24N4O3S/c1-5-11-12(18(19)20)13(16(4)15-11)17-8-9-22(21)14(6-2,7-3)10-17/h5-10H2,1-4H3. The molecule has 0 aliphatic carbocycles. The largest absolute Gasteiger partial charge is 0.349 e. The van der Waals surface area contributed by atoms with Crippen LogP contribution in [0.5, 0.6) is 0 Å². The SMILES string of the molecule is CCc1nn(C)c(N2CCS(=O)C(CC)(CC)C2)c1[N+](=O)[O-]. The molecule has 0 aromatic carbocycles. The molecule has 0 amide bonds. The van der Waals surface area contributed by atoms with Crippen LogP contribution in [-0.2, 0) is 24.3 Å². The Kier molecular flexibility index (Phi) is 4.89. The molecule has 124 valence electrons. The summed E-state index contributed by atoms with van der Waals surface area (Å²) in [6.07, 6.45) is 2.13. The van der Waals surface area contributed by atoms with Gasteiger partial charge in [-0.3, -0.25) is 14.3 Å². The van der Waals surface area contributed by atoms with Crippen molar-refractivity contribution < 1.29 is 9.13 Å². The third kappa shape index (κ3) is 2.64. The van der Waals surface area contributed by atoms with Crippen LogP contribution < -0.4 is 4.90 Å². The van der Waals surface area contributed by atoms with E-state index in [9.17, 15) is 14.3 Å². The molecule has 0 bridgehead atoms. The van der Waals surface area contributed by atoms with Crippen LogP contribution in [0.2, 0.25) is 0 Å². The number of aryl methyl sites for hydroxylation is 2. The Morgan fingerprint density at radius 3 is 2.50 bits per heavy atom. The Bertz CT molecular complexity index is 595. The molecule has 0 saturated carbocycles. The summed E-state index contributed by atoms with van der Waals surface area (Å²) in [5.41, 5.74) is 0.603. The summed E-state index contributed by atoms with van der Waals surface area (Å²) in [5, 5.41) is 15.8. The molecule has 2 heterocycles. The van der Waals surface area contributed by atoms with Gasteiger partial charge in [-0.1, -0.05) is 20.8 Å². The van der Waals surface area contributed by atoms with Gasteiger partial charge in [-0.2, -0.15) is 5.10 Å². The number of rotatable bonds is 5. The van der Waals surface area contributed by atoms with Crippen molar-refractivity contribution in [3.8, 4) is 0 Å². The van der Waals surface area contributed by atoms with E-state index in [0.29, 0.717) is 36.8 Å². The van der Waals surface area contributed by atoms with Gasteiger partial charge in [0, 0.05) is 36.7 Å². The minimum Gasteiger partial charge on any atom is -0.349 e. The molecule has 0 radical (unpaired) electrons. The first-order valence-electron chi connectivity index (χ1n) is 7.73. The first-order chi connectivity index (χ1) is 10.4. The Hall–Kier alpha value is -1.44. The van der Waals surface area contributed by atoms with Gasteiger partial charge < -0.3 is 4.90 Å². The summed E-state index contributed by atoms with van der Waals surface area (Å²) in [7, 11) is 0.851. The molecule has 0 N–H and O–H groups in total. The van der Waals surface area contributed by atoms with Crippen LogP contribution in [0, 0.1) is 10.1 Å². The van der Waals surface area contributed by atoms with Gasteiger partial charge in [0.2, 0.25) is 5.82 Å². The summed E-state index contributed by atoms with van der Waals surface area (Å²) in [6.45, 7) is 7.10. The van der Waals surface area contributed by atoms with Crippen LogP contribution in [0.4, 0.5) is 11.5 Å². The molecule has 7 nitrogen and oxygen atoms in total. The van der Waals surface area contributed by atoms with E-state index < -0.39 is 10.8 Å². The van der Waals surface area contributed by atoms with Gasteiger partial charge in [-0.05, 0) is 19.3 Å². The number of nitro groups is 1. The highest BCUT2D eigenvalue weighted by atomic mass is 32.2. The van der Waals surface area contributed by atoms with E-state index in [4.69, 9.17) is 0 Å². The lowest BCUT2D eigenvalue weighted by Gasteiger charge is -2.41. The van der Waals surface area contributed by atoms with E-state index in [1.54, 1.807) is 11.7 Å². The van der Waals surface area contributed by atoms with Crippen LogP contribution in [0.25, 0.3) is 0 Å². The predicted octanol–water partition coefficient (Wildman–Crippen LogP) is 2.02. The number of anilines is 1. The Balaban J connectivity index is 2.46. The van der Waals surface area contributed by atoms with Crippen molar-refractivity contribution in [2.24, 2.45) is 7.05 Å². The van der Waals surface area contributed by atoms with E-state index in [-0.39, 0.29) is 15.4 Å². The Morgan fingerprint density at radius 2 is 2.00 bits per heavy atom. The lowest BCUT2D eigenvalue weighted by atomic mass is 10.0. The summed E-state index contributed by atoms with van der Waals surface area (Å²) < 4.78 is 13.8. The monoisotopic (exact) mass is 328 g/mol. The summed E-state index contributed by atoms with van der Waals surface area (Å²) in [4.78, 5) is 13.1. The number of hydrogen-bond donors (Lipinski definition) is 0. The normalized spacial score (nSPS) is 21.1. The molecule has 1 aromatic heterocycles. The maximum Gasteiger partial charge on any atom is 0.334 e. The van der Waals surface area contributed by atoms with Crippen LogP contribution >= 0.6 is 0 Å².